The molecule has 2 N–H and O–H groups in total. The molecule has 1 aliphatic heterocycles. The zero-order chi connectivity index (χ0) is 15.1. The number of nitrogens with zero attached hydrogens (tertiary/aromatic N) is 2. The van der Waals surface area contributed by atoms with Crippen molar-refractivity contribution >= 4 is 25.8 Å². The van der Waals surface area contributed by atoms with Crippen LogP contribution in [-0.4, -0.2) is 66.5 Å². The lowest BCUT2D eigenvalue weighted by atomic mass is 10.4. The van der Waals surface area contributed by atoms with Gasteiger partial charge in [-0.15, -0.1) is 0 Å². The van der Waals surface area contributed by atoms with Gasteiger partial charge in [0.05, 0.1) is 17.7 Å². The smallest absolute Gasteiger partial charge is 0.340 e. The second-order valence-electron chi connectivity index (χ2n) is 4.50. The van der Waals surface area contributed by atoms with E-state index in [9.17, 15) is 21.6 Å². The van der Waals surface area contributed by atoms with E-state index in [4.69, 9.17) is 5.11 Å². The van der Waals surface area contributed by atoms with Crippen LogP contribution in [0.2, 0.25) is 0 Å². The summed E-state index contributed by atoms with van der Waals surface area (Å²) in [7, 11) is -7.39. The van der Waals surface area contributed by atoms with Gasteiger partial charge in [-0.3, -0.25) is 5.10 Å². The van der Waals surface area contributed by atoms with Crippen molar-refractivity contribution in [3.05, 3.63) is 11.8 Å². The van der Waals surface area contributed by atoms with Crippen molar-refractivity contribution in [2.45, 2.75) is 18.0 Å². The van der Waals surface area contributed by atoms with Crippen LogP contribution in [-0.2, 0) is 19.9 Å². The Morgan fingerprint density at radius 3 is 2.75 bits per heavy atom. The lowest BCUT2D eigenvalue weighted by Crippen LogP contribution is -2.49. The summed E-state index contributed by atoms with van der Waals surface area (Å²) in [5.74, 6) is -2.00. The molecule has 2 rings (SSSR count). The molecule has 0 spiro atoms. The molecule has 1 aromatic rings. The van der Waals surface area contributed by atoms with E-state index in [2.05, 4.69) is 10.2 Å². The summed E-state index contributed by atoms with van der Waals surface area (Å²) in [5.41, 5.74) is -0.467. The van der Waals surface area contributed by atoms with Crippen LogP contribution in [0.25, 0.3) is 0 Å². The fourth-order valence-electron chi connectivity index (χ4n) is 2.08. The first-order valence-corrected chi connectivity index (χ1v) is 8.90. The molecule has 0 saturated carbocycles. The van der Waals surface area contributed by atoms with Crippen molar-refractivity contribution in [2.24, 2.45) is 0 Å². The highest BCUT2D eigenvalue weighted by Crippen LogP contribution is 2.23. The van der Waals surface area contributed by atoms with Crippen molar-refractivity contribution in [2.75, 3.05) is 18.1 Å². The first kappa shape index (κ1) is 14.9. The van der Waals surface area contributed by atoms with Crippen LogP contribution in [0.15, 0.2) is 11.2 Å². The lowest BCUT2D eigenvalue weighted by Gasteiger charge is -2.31. The van der Waals surface area contributed by atoms with Crippen LogP contribution in [0.5, 0.6) is 0 Å². The van der Waals surface area contributed by atoms with Gasteiger partial charge in [0, 0.05) is 12.6 Å². The number of aromatic nitrogens is 2. The van der Waals surface area contributed by atoms with Crippen molar-refractivity contribution in [3.8, 4) is 0 Å². The molecule has 9 nitrogen and oxygen atoms in total. The molecule has 1 saturated heterocycles. The predicted molar refractivity (Wildman–Crippen MR) is 67.6 cm³/mol. The fraction of sp³-hybridized carbons (Fsp3) is 0.556. The highest BCUT2D eigenvalue weighted by Gasteiger charge is 2.39. The molecule has 0 bridgehead atoms. The van der Waals surface area contributed by atoms with Crippen molar-refractivity contribution in [1.29, 1.82) is 0 Å². The first-order valence-electron chi connectivity index (χ1n) is 5.64. The SMILES string of the molecule is CC1CS(=O)(=O)CCN1S(=O)(=O)c1[nH]ncc1C(=O)O. The van der Waals surface area contributed by atoms with Crippen LogP contribution in [0.1, 0.15) is 17.3 Å². The normalized spacial score (nSPS) is 23.6. The molecule has 1 aromatic heterocycles. The number of H-pyrrole nitrogens is 1. The Morgan fingerprint density at radius 2 is 2.20 bits per heavy atom. The van der Waals surface area contributed by atoms with E-state index in [1.54, 1.807) is 0 Å². The van der Waals surface area contributed by atoms with Crippen molar-refractivity contribution < 1.29 is 26.7 Å². The third kappa shape index (κ3) is 2.55. The number of sulfonamides is 1. The van der Waals surface area contributed by atoms with Crippen LogP contribution < -0.4 is 0 Å². The molecular weight excluding hydrogens is 310 g/mol. The second kappa shape index (κ2) is 4.82. The maximum absolute atomic E-state index is 12.4. The molecule has 1 unspecified atom stereocenters. The van der Waals surface area contributed by atoms with Crippen LogP contribution in [0.3, 0.4) is 0 Å². The van der Waals surface area contributed by atoms with Crippen LogP contribution >= 0.6 is 0 Å². The zero-order valence-electron chi connectivity index (χ0n) is 10.5. The number of rotatable bonds is 3. The zero-order valence-corrected chi connectivity index (χ0v) is 12.1. The van der Waals surface area contributed by atoms with Crippen LogP contribution in [0.4, 0.5) is 0 Å². The molecule has 112 valence electrons. The number of aromatic carboxylic acids is 1. The molecular formula is C9H13N3O6S2. The molecule has 0 radical (unpaired) electrons. The Balaban J connectivity index is 2.41. The quantitative estimate of drug-likeness (QED) is 0.721. The van der Waals surface area contributed by atoms with Gasteiger partial charge in [0.1, 0.15) is 5.56 Å². The van der Waals surface area contributed by atoms with Gasteiger partial charge in [0.2, 0.25) is 0 Å². The monoisotopic (exact) mass is 323 g/mol. The fourth-order valence-corrected chi connectivity index (χ4v) is 5.55. The number of nitrogens with one attached hydrogen (secondary N) is 1. The molecule has 0 aliphatic carbocycles. The Morgan fingerprint density at radius 1 is 1.55 bits per heavy atom. The summed E-state index contributed by atoms with van der Waals surface area (Å²) in [6, 6.07) is -0.760. The standard InChI is InChI=1S/C9H13N3O6S2/c1-6-5-19(15,16)3-2-12(6)20(17,18)8-7(9(13)14)4-10-11-8/h4,6H,2-3,5H2,1H3,(H,10,11)(H,13,14). The summed E-state index contributed by atoms with van der Waals surface area (Å²) in [4.78, 5) is 11.0. The summed E-state index contributed by atoms with van der Waals surface area (Å²) in [6.07, 6.45) is 0.903. The number of hydrogen-bond donors (Lipinski definition) is 2. The van der Waals surface area contributed by atoms with E-state index in [1.807, 2.05) is 0 Å². The number of aromatic amines is 1. The van der Waals surface area contributed by atoms with Crippen molar-refractivity contribution in [3.63, 3.8) is 0 Å². The highest BCUT2D eigenvalue weighted by molar-refractivity contribution is 7.92. The number of hydrogen-bond acceptors (Lipinski definition) is 6. The molecule has 2 heterocycles. The van der Waals surface area contributed by atoms with Crippen molar-refractivity contribution in [1.82, 2.24) is 14.5 Å². The second-order valence-corrected chi connectivity index (χ2v) is 8.55. The molecule has 0 aromatic carbocycles. The van der Waals surface area contributed by atoms with E-state index in [0.717, 1.165) is 10.5 Å². The Labute approximate surface area is 115 Å². The number of carbonyl (C=O) groups is 1. The predicted octanol–water partition coefficient (Wildman–Crippen LogP) is -1.08. The van der Waals surface area contributed by atoms with E-state index in [0.29, 0.717) is 0 Å². The van der Waals surface area contributed by atoms with E-state index >= 15 is 0 Å². The minimum Gasteiger partial charge on any atom is -0.478 e. The molecule has 1 fully saturated rings. The van der Waals surface area contributed by atoms with Gasteiger partial charge in [-0.1, -0.05) is 0 Å². The summed E-state index contributed by atoms with van der Waals surface area (Å²) < 4.78 is 48.7. The summed E-state index contributed by atoms with van der Waals surface area (Å²) in [6.45, 7) is 1.26. The molecule has 1 atom stereocenters. The molecule has 11 heteroatoms. The first-order chi connectivity index (χ1) is 9.15. The maximum Gasteiger partial charge on any atom is 0.340 e. The van der Waals surface area contributed by atoms with E-state index in [1.165, 1.54) is 6.92 Å². The van der Waals surface area contributed by atoms with Gasteiger partial charge in [-0.05, 0) is 6.92 Å². The average Bonchev–Trinajstić information content (AvgIpc) is 2.76. The van der Waals surface area contributed by atoms with Gasteiger partial charge in [0.15, 0.2) is 14.9 Å². The minimum atomic E-state index is -4.12. The summed E-state index contributed by atoms with van der Waals surface area (Å²) >= 11 is 0. The number of sulfone groups is 1. The highest BCUT2D eigenvalue weighted by atomic mass is 32.2. The maximum atomic E-state index is 12.4. The lowest BCUT2D eigenvalue weighted by molar-refractivity contribution is 0.0692. The number of carboxylic acids is 1. The van der Waals surface area contributed by atoms with Gasteiger partial charge < -0.3 is 5.11 Å². The number of carboxylic acid groups (broad SMARTS) is 1. The van der Waals surface area contributed by atoms with Gasteiger partial charge in [-0.25, -0.2) is 21.6 Å². The van der Waals surface area contributed by atoms with E-state index in [-0.39, 0.29) is 18.1 Å². The average molecular weight is 323 g/mol. The third-order valence-corrected chi connectivity index (χ3v) is 6.79. The van der Waals surface area contributed by atoms with Gasteiger partial charge >= 0.3 is 5.97 Å². The topological polar surface area (TPSA) is 138 Å². The van der Waals surface area contributed by atoms with Gasteiger partial charge in [0.25, 0.3) is 10.0 Å². The van der Waals surface area contributed by atoms with Gasteiger partial charge in [-0.2, -0.15) is 9.40 Å². The minimum absolute atomic E-state index is 0.204. The summed E-state index contributed by atoms with van der Waals surface area (Å²) in [5, 5.41) is 14.0. The largest absolute Gasteiger partial charge is 0.478 e. The van der Waals surface area contributed by atoms with Crippen LogP contribution in [0, 0.1) is 0 Å². The Kier molecular flexibility index (Phi) is 3.60. The molecule has 20 heavy (non-hydrogen) atoms. The molecule has 1 aliphatic rings. The Bertz CT molecular complexity index is 735. The van der Waals surface area contributed by atoms with E-state index < -0.39 is 42.5 Å². The Hall–Kier alpha value is -1.46. The third-order valence-electron chi connectivity index (χ3n) is 3.01. The molecule has 0 amide bonds.